The molecule has 128 valence electrons. The van der Waals surface area contributed by atoms with E-state index in [4.69, 9.17) is 9.52 Å². The maximum Gasteiger partial charge on any atom is 0.303 e. The smallest absolute Gasteiger partial charge is 0.303 e. The fourth-order valence-corrected chi connectivity index (χ4v) is 2.27. The molecular weight excluding hydrogens is 313 g/mol. The van der Waals surface area contributed by atoms with Crippen molar-refractivity contribution in [2.24, 2.45) is 0 Å². The number of carboxylic acids is 1. The Labute approximate surface area is 139 Å². The van der Waals surface area contributed by atoms with Crippen LogP contribution in [0.5, 0.6) is 0 Å². The van der Waals surface area contributed by atoms with E-state index in [1.54, 1.807) is 24.3 Å². The Bertz CT molecular complexity index is 679. The molecule has 0 unspecified atom stereocenters. The lowest BCUT2D eigenvalue weighted by atomic mass is 10.1. The van der Waals surface area contributed by atoms with Crippen LogP contribution in [0, 0.1) is 5.82 Å². The number of carboxylic acid groups (broad SMARTS) is 1. The third-order valence-corrected chi connectivity index (χ3v) is 3.56. The molecule has 24 heavy (non-hydrogen) atoms. The fourth-order valence-electron chi connectivity index (χ4n) is 2.27. The second kappa shape index (κ2) is 8.86. The zero-order valence-corrected chi connectivity index (χ0v) is 13.3. The van der Waals surface area contributed by atoms with E-state index in [0.717, 1.165) is 19.3 Å². The monoisotopic (exact) mass is 333 g/mol. The van der Waals surface area contributed by atoms with Gasteiger partial charge in [0.15, 0.2) is 5.76 Å². The number of hydrogen-bond acceptors (Lipinski definition) is 3. The van der Waals surface area contributed by atoms with Gasteiger partial charge < -0.3 is 14.8 Å². The molecule has 0 spiro atoms. The molecule has 5 nitrogen and oxygen atoms in total. The molecule has 1 heterocycles. The maximum atomic E-state index is 12.9. The Morgan fingerprint density at radius 1 is 1.00 bits per heavy atom. The van der Waals surface area contributed by atoms with Gasteiger partial charge in [0.25, 0.3) is 5.91 Å². The summed E-state index contributed by atoms with van der Waals surface area (Å²) in [5, 5.41) is 11.3. The van der Waals surface area contributed by atoms with Gasteiger partial charge in [0.1, 0.15) is 11.6 Å². The summed E-state index contributed by atoms with van der Waals surface area (Å²) in [6.45, 7) is 0.512. The van der Waals surface area contributed by atoms with Crippen molar-refractivity contribution in [1.29, 1.82) is 0 Å². The van der Waals surface area contributed by atoms with Crippen molar-refractivity contribution in [2.45, 2.75) is 32.1 Å². The molecule has 0 fully saturated rings. The molecule has 0 aliphatic heterocycles. The first-order valence-electron chi connectivity index (χ1n) is 7.92. The van der Waals surface area contributed by atoms with E-state index in [2.05, 4.69) is 5.32 Å². The number of halogens is 1. The van der Waals surface area contributed by atoms with Crippen molar-refractivity contribution in [2.75, 3.05) is 6.54 Å². The molecule has 1 aromatic heterocycles. The van der Waals surface area contributed by atoms with Crippen LogP contribution in [0.15, 0.2) is 40.8 Å². The van der Waals surface area contributed by atoms with Crippen molar-refractivity contribution in [3.8, 4) is 11.3 Å². The Morgan fingerprint density at radius 3 is 2.42 bits per heavy atom. The average molecular weight is 333 g/mol. The van der Waals surface area contributed by atoms with Crippen molar-refractivity contribution in [3.05, 3.63) is 48.0 Å². The summed E-state index contributed by atoms with van der Waals surface area (Å²) >= 11 is 0. The lowest BCUT2D eigenvalue weighted by molar-refractivity contribution is -0.137. The van der Waals surface area contributed by atoms with Crippen molar-refractivity contribution < 1.29 is 23.5 Å². The molecule has 2 N–H and O–H groups in total. The van der Waals surface area contributed by atoms with Crippen LogP contribution in [-0.2, 0) is 4.79 Å². The lowest BCUT2D eigenvalue weighted by Crippen LogP contribution is -2.23. The predicted octanol–water partition coefficient (Wildman–Crippen LogP) is 3.85. The molecule has 0 radical (unpaired) electrons. The van der Waals surface area contributed by atoms with Gasteiger partial charge in [0, 0.05) is 18.5 Å². The molecule has 1 aromatic carbocycles. The number of furan rings is 1. The van der Waals surface area contributed by atoms with Gasteiger partial charge in [-0.3, -0.25) is 9.59 Å². The van der Waals surface area contributed by atoms with Gasteiger partial charge in [0.05, 0.1) is 0 Å². The number of aliphatic carboxylic acids is 1. The number of rotatable bonds is 9. The Kier molecular flexibility index (Phi) is 6.54. The number of nitrogens with one attached hydrogen (secondary N) is 1. The highest BCUT2D eigenvalue weighted by Crippen LogP contribution is 2.22. The Balaban J connectivity index is 1.73. The van der Waals surface area contributed by atoms with E-state index in [1.165, 1.54) is 12.1 Å². The largest absolute Gasteiger partial charge is 0.481 e. The van der Waals surface area contributed by atoms with Crippen LogP contribution in [-0.4, -0.2) is 23.5 Å². The van der Waals surface area contributed by atoms with Gasteiger partial charge in [0.2, 0.25) is 0 Å². The molecule has 2 rings (SSSR count). The van der Waals surface area contributed by atoms with E-state index < -0.39 is 5.97 Å². The van der Waals surface area contributed by atoms with E-state index in [1.807, 2.05) is 0 Å². The molecule has 0 aliphatic rings. The highest BCUT2D eigenvalue weighted by Gasteiger charge is 2.11. The molecule has 0 aliphatic carbocycles. The fraction of sp³-hybridized carbons (Fsp3) is 0.333. The molecule has 1 amide bonds. The molecule has 0 saturated carbocycles. The topological polar surface area (TPSA) is 79.5 Å². The Morgan fingerprint density at radius 2 is 1.71 bits per heavy atom. The number of benzene rings is 1. The first-order chi connectivity index (χ1) is 11.6. The Hall–Kier alpha value is -2.63. The highest BCUT2D eigenvalue weighted by molar-refractivity contribution is 5.92. The van der Waals surface area contributed by atoms with Crippen molar-refractivity contribution in [1.82, 2.24) is 5.32 Å². The summed E-state index contributed by atoms with van der Waals surface area (Å²) in [5.41, 5.74) is 0.703. The summed E-state index contributed by atoms with van der Waals surface area (Å²) < 4.78 is 18.4. The maximum absolute atomic E-state index is 12.9. The average Bonchev–Trinajstić information content (AvgIpc) is 3.04. The molecule has 0 saturated heterocycles. The molecule has 6 heteroatoms. The molecular formula is C18H20FNO4. The summed E-state index contributed by atoms with van der Waals surface area (Å²) in [6, 6.07) is 9.11. The van der Waals surface area contributed by atoms with Gasteiger partial charge in [-0.2, -0.15) is 0 Å². The molecule has 0 bridgehead atoms. The summed E-state index contributed by atoms with van der Waals surface area (Å²) in [6.07, 6.45) is 3.33. The minimum Gasteiger partial charge on any atom is -0.481 e. The minimum absolute atomic E-state index is 0.185. The minimum atomic E-state index is -0.780. The third kappa shape index (κ3) is 5.53. The van der Waals surface area contributed by atoms with Crippen LogP contribution in [0.4, 0.5) is 4.39 Å². The first kappa shape index (κ1) is 17.7. The summed E-state index contributed by atoms with van der Waals surface area (Å²) in [4.78, 5) is 22.3. The van der Waals surface area contributed by atoms with Crippen molar-refractivity contribution in [3.63, 3.8) is 0 Å². The predicted molar refractivity (Wildman–Crippen MR) is 87.2 cm³/mol. The van der Waals surface area contributed by atoms with E-state index in [-0.39, 0.29) is 23.9 Å². The van der Waals surface area contributed by atoms with Crippen molar-refractivity contribution >= 4 is 11.9 Å². The van der Waals surface area contributed by atoms with Crippen LogP contribution < -0.4 is 5.32 Å². The first-order valence-corrected chi connectivity index (χ1v) is 7.92. The standard InChI is InChI=1S/C18H20FNO4/c19-14-8-6-13(7-9-14)15-10-11-16(24-15)18(23)20-12-4-2-1-3-5-17(21)22/h6-11H,1-5,12H2,(H,20,23)(H,21,22). The zero-order chi connectivity index (χ0) is 17.4. The summed E-state index contributed by atoms with van der Waals surface area (Å²) in [5.74, 6) is -0.687. The van der Waals surface area contributed by atoms with Crippen LogP contribution in [0.25, 0.3) is 11.3 Å². The normalized spacial score (nSPS) is 10.5. The van der Waals surface area contributed by atoms with Gasteiger partial charge in [-0.05, 0) is 49.2 Å². The van der Waals surface area contributed by atoms with E-state index in [0.29, 0.717) is 24.3 Å². The highest BCUT2D eigenvalue weighted by atomic mass is 19.1. The number of unbranched alkanes of at least 4 members (excludes halogenated alkanes) is 3. The van der Waals surface area contributed by atoms with Crippen LogP contribution in [0.3, 0.4) is 0 Å². The number of carbonyl (C=O) groups excluding carboxylic acids is 1. The lowest BCUT2D eigenvalue weighted by Gasteiger charge is -2.03. The van der Waals surface area contributed by atoms with Gasteiger partial charge in [-0.1, -0.05) is 12.8 Å². The van der Waals surface area contributed by atoms with E-state index in [9.17, 15) is 14.0 Å². The summed E-state index contributed by atoms with van der Waals surface area (Å²) in [7, 11) is 0. The zero-order valence-electron chi connectivity index (χ0n) is 13.3. The SMILES string of the molecule is O=C(O)CCCCCCNC(=O)c1ccc(-c2ccc(F)cc2)o1. The number of hydrogen-bond donors (Lipinski definition) is 2. The van der Waals surface area contributed by atoms with Gasteiger partial charge in [-0.15, -0.1) is 0 Å². The quantitative estimate of drug-likeness (QED) is 0.683. The van der Waals surface area contributed by atoms with Crippen LogP contribution in [0.2, 0.25) is 0 Å². The second-order valence-corrected chi connectivity index (χ2v) is 5.48. The molecule has 0 atom stereocenters. The third-order valence-electron chi connectivity index (χ3n) is 3.56. The number of carbonyl (C=O) groups is 2. The van der Waals surface area contributed by atoms with Gasteiger partial charge >= 0.3 is 5.97 Å². The van der Waals surface area contributed by atoms with E-state index >= 15 is 0 Å². The van der Waals surface area contributed by atoms with Gasteiger partial charge in [-0.25, -0.2) is 4.39 Å². The van der Waals surface area contributed by atoms with Crippen LogP contribution in [0.1, 0.15) is 42.7 Å². The molecule has 2 aromatic rings. The second-order valence-electron chi connectivity index (χ2n) is 5.48. The van der Waals surface area contributed by atoms with Crippen LogP contribution >= 0.6 is 0 Å². The number of amides is 1.